The second kappa shape index (κ2) is 5.20. The van der Waals surface area contributed by atoms with E-state index < -0.39 is 5.54 Å². The van der Waals surface area contributed by atoms with E-state index in [9.17, 15) is 9.59 Å². The molecular formula is C12H17N3O3. The fourth-order valence-electron chi connectivity index (χ4n) is 2.33. The molecular weight excluding hydrogens is 234 g/mol. The Labute approximate surface area is 105 Å². The van der Waals surface area contributed by atoms with Crippen molar-refractivity contribution in [3.8, 4) is 0 Å². The van der Waals surface area contributed by atoms with E-state index >= 15 is 0 Å². The molecule has 0 radical (unpaired) electrons. The zero-order valence-corrected chi connectivity index (χ0v) is 10.4. The summed E-state index contributed by atoms with van der Waals surface area (Å²) in [6, 6.07) is 1.48. The Hall–Kier alpha value is -1.85. The van der Waals surface area contributed by atoms with Crippen molar-refractivity contribution in [2.75, 3.05) is 6.54 Å². The highest BCUT2D eigenvalue weighted by molar-refractivity contribution is 5.98. The standard InChI is InChI=1S/C12H17N3O3/c1-2-13-11(17)12(6-3-4-7-12)14-10(16)9-5-8-18-15-9/h5,8H,2-4,6-7H2,1H3,(H,13,17)(H,14,16). The van der Waals surface area contributed by atoms with Gasteiger partial charge in [-0.2, -0.15) is 0 Å². The Morgan fingerprint density at radius 3 is 2.72 bits per heavy atom. The smallest absolute Gasteiger partial charge is 0.274 e. The van der Waals surface area contributed by atoms with Crippen LogP contribution >= 0.6 is 0 Å². The van der Waals surface area contributed by atoms with Crippen LogP contribution in [0.4, 0.5) is 0 Å². The van der Waals surface area contributed by atoms with Gasteiger partial charge in [0, 0.05) is 12.6 Å². The highest BCUT2D eigenvalue weighted by Gasteiger charge is 2.42. The van der Waals surface area contributed by atoms with Gasteiger partial charge in [0.25, 0.3) is 5.91 Å². The molecule has 0 aromatic carbocycles. The van der Waals surface area contributed by atoms with Gasteiger partial charge in [-0.1, -0.05) is 18.0 Å². The van der Waals surface area contributed by atoms with Crippen molar-refractivity contribution in [1.29, 1.82) is 0 Å². The van der Waals surface area contributed by atoms with Gasteiger partial charge in [0.1, 0.15) is 11.8 Å². The highest BCUT2D eigenvalue weighted by atomic mass is 16.5. The molecule has 0 bridgehead atoms. The number of amides is 2. The van der Waals surface area contributed by atoms with Gasteiger partial charge in [0.2, 0.25) is 5.91 Å². The minimum Gasteiger partial charge on any atom is -0.364 e. The third kappa shape index (κ3) is 2.37. The van der Waals surface area contributed by atoms with Crippen LogP contribution in [0.25, 0.3) is 0 Å². The van der Waals surface area contributed by atoms with Crippen molar-refractivity contribution in [3.63, 3.8) is 0 Å². The molecule has 6 heteroatoms. The first-order chi connectivity index (χ1) is 8.68. The van der Waals surface area contributed by atoms with Crippen LogP contribution in [0.2, 0.25) is 0 Å². The number of rotatable bonds is 4. The Morgan fingerprint density at radius 2 is 2.17 bits per heavy atom. The van der Waals surface area contributed by atoms with E-state index in [1.54, 1.807) is 0 Å². The molecule has 1 aliphatic rings. The van der Waals surface area contributed by atoms with Crippen LogP contribution in [-0.4, -0.2) is 29.1 Å². The maximum Gasteiger partial charge on any atom is 0.274 e. The molecule has 1 aromatic rings. The molecule has 0 spiro atoms. The summed E-state index contributed by atoms with van der Waals surface area (Å²) in [5, 5.41) is 9.16. The van der Waals surface area contributed by atoms with Crippen molar-refractivity contribution in [2.45, 2.75) is 38.1 Å². The number of hydrogen-bond donors (Lipinski definition) is 2. The van der Waals surface area contributed by atoms with E-state index in [0.717, 1.165) is 12.8 Å². The summed E-state index contributed by atoms with van der Waals surface area (Å²) in [7, 11) is 0. The number of carbonyl (C=O) groups is 2. The second-order valence-electron chi connectivity index (χ2n) is 4.49. The average Bonchev–Trinajstić information content (AvgIpc) is 3.00. The monoisotopic (exact) mass is 251 g/mol. The zero-order valence-electron chi connectivity index (χ0n) is 10.4. The van der Waals surface area contributed by atoms with Gasteiger partial charge in [0.05, 0.1) is 0 Å². The molecule has 6 nitrogen and oxygen atoms in total. The van der Waals surface area contributed by atoms with Crippen molar-refractivity contribution < 1.29 is 14.1 Å². The lowest BCUT2D eigenvalue weighted by Crippen LogP contribution is -2.57. The van der Waals surface area contributed by atoms with Crippen LogP contribution in [0, 0.1) is 0 Å². The molecule has 1 aromatic heterocycles. The van der Waals surface area contributed by atoms with Crippen LogP contribution in [0.5, 0.6) is 0 Å². The quantitative estimate of drug-likeness (QED) is 0.831. The SMILES string of the molecule is CCNC(=O)C1(NC(=O)c2ccon2)CCCC1. The molecule has 98 valence electrons. The van der Waals surface area contributed by atoms with Crippen LogP contribution in [-0.2, 0) is 4.79 Å². The average molecular weight is 251 g/mol. The summed E-state index contributed by atoms with van der Waals surface area (Å²) in [6.07, 6.45) is 4.56. The number of carbonyl (C=O) groups excluding carboxylic acids is 2. The Morgan fingerprint density at radius 1 is 1.44 bits per heavy atom. The van der Waals surface area contributed by atoms with E-state index in [1.165, 1.54) is 12.3 Å². The summed E-state index contributed by atoms with van der Waals surface area (Å²) in [5.74, 6) is -0.476. The summed E-state index contributed by atoms with van der Waals surface area (Å²) in [4.78, 5) is 24.1. The molecule has 0 aliphatic heterocycles. The van der Waals surface area contributed by atoms with Crippen LogP contribution in [0.3, 0.4) is 0 Å². The van der Waals surface area contributed by atoms with Crippen LogP contribution < -0.4 is 10.6 Å². The van der Waals surface area contributed by atoms with Gasteiger partial charge in [-0.05, 0) is 19.8 Å². The number of aromatic nitrogens is 1. The topological polar surface area (TPSA) is 84.2 Å². The molecule has 1 heterocycles. The van der Waals surface area contributed by atoms with Gasteiger partial charge < -0.3 is 15.2 Å². The first kappa shape index (κ1) is 12.6. The maximum absolute atomic E-state index is 12.1. The molecule has 1 aliphatic carbocycles. The van der Waals surface area contributed by atoms with Gasteiger partial charge in [-0.3, -0.25) is 9.59 Å². The van der Waals surface area contributed by atoms with Crippen molar-refractivity contribution in [3.05, 3.63) is 18.0 Å². The Balaban J connectivity index is 2.11. The van der Waals surface area contributed by atoms with Crippen molar-refractivity contribution in [2.24, 2.45) is 0 Å². The predicted molar refractivity (Wildman–Crippen MR) is 63.9 cm³/mol. The number of hydrogen-bond acceptors (Lipinski definition) is 4. The number of nitrogens with one attached hydrogen (secondary N) is 2. The second-order valence-corrected chi connectivity index (χ2v) is 4.49. The number of likely N-dealkylation sites (N-methyl/N-ethyl adjacent to an activating group) is 1. The Kier molecular flexibility index (Phi) is 3.64. The first-order valence-electron chi connectivity index (χ1n) is 6.19. The van der Waals surface area contributed by atoms with E-state index in [4.69, 9.17) is 0 Å². The van der Waals surface area contributed by atoms with Crippen LogP contribution in [0.15, 0.2) is 16.9 Å². The molecule has 1 fully saturated rings. The van der Waals surface area contributed by atoms with Crippen LogP contribution in [0.1, 0.15) is 43.1 Å². The summed E-state index contributed by atoms with van der Waals surface area (Å²) in [6.45, 7) is 2.42. The molecule has 2 rings (SSSR count). The minimum atomic E-state index is -0.786. The summed E-state index contributed by atoms with van der Waals surface area (Å²) in [5.41, 5.74) is -0.586. The lowest BCUT2D eigenvalue weighted by Gasteiger charge is -2.28. The van der Waals surface area contributed by atoms with E-state index in [-0.39, 0.29) is 17.5 Å². The molecule has 2 amide bonds. The van der Waals surface area contributed by atoms with Crippen molar-refractivity contribution in [1.82, 2.24) is 15.8 Å². The normalized spacial score (nSPS) is 17.4. The molecule has 18 heavy (non-hydrogen) atoms. The molecule has 1 saturated carbocycles. The van der Waals surface area contributed by atoms with E-state index in [1.807, 2.05) is 6.92 Å². The third-order valence-electron chi connectivity index (χ3n) is 3.25. The Bertz CT molecular complexity index is 422. The predicted octanol–water partition coefficient (Wildman–Crippen LogP) is 0.853. The fraction of sp³-hybridized carbons (Fsp3) is 0.583. The van der Waals surface area contributed by atoms with Gasteiger partial charge in [-0.25, -0.2) is 0 Å². The number of nitrogens with zero attached hydrogens (tertiary/aromatic N) is 1. The molecule has 0 unspecified atom stereocenters. The summed E-state index contributed by atoms with van der Waals surface area (Å²) >= 11 is 0. The lowest BCUT2D eigenvalue weighted by molar-refractivity contribution is -0.127. The van der Waals surface area contributed by atoms with E-state index in [2.05, 4.69) is 20.3 Å². The molecule has 0 saturated heterocycles. The highest BCUT2D eigenvalue weighted by Crippen LogP contribution is 2.30. The zero-order chi connectivity index (χ0) is 13.0. The maximum atomic E-state index is 12.1. The van der Waals surface area contributed by atoms with Gasteiger partial charge in [-0.15, -0.1) is 0 Å². The van der Waals surface area contributed by atoms with Gasteiger partial charge in [0.15, 0.2) is 5.69 Å². The van der Waals surface area contributed by atoms with Crippen molar-refractivity contribution >= 4 is 11.8 Å². The minimum absolute atomic E-state index is 0.112. The molecule has 0 atom stereocenters. The lowest BCUT2D eigenvalue weighted by atomic mass is 9.96. The molecule has 2 N–H and O–H groups in total. The fourth-order valence-corrected chi connectivity index (χ4v) is 2.33. The van der Waals surface area contributed by atoms with E-state index in [0.29, 0.717) is 19.4 Å². The third-order valence-corrected chi connectivity index (χ3v) is 3.25. The summed E-state index contributed by atoms with van der Waals surface area (Å²) < 4.78 is 4.63. The largest absolute Gasteiger partial charge is 0.364 e. The first-order valence-corrected chi connectivity index (χ1v) is 6.19. The van der Waals surface area contributed by atoms with Gasteiger partial charge >= 0.3 is 0 Å².